The molecule has 0 bridgehead atoms. The highest BCUT2D eigenvalue weighted by Gasteiger charge is 2.23. The molecule has 0 atom stereocenters. The fourth-order valence-electron chi connectivity index (χ4n) is 4.71. The number of fused-ring (bicyclic) bond motifs is 6. The van der Waals surface area contributed by atoms with Crippen LogP contribution in [0.15, 0.2) is 5.16 Å². The number of thioether (sulfide) groups is 1. The molecule has 6 rings (SSSR count). The summed E-state index contributed by atoms with van der Waals surface area (Å²) < 4.78 is 2.06. The number of nitrogens with zero attached hydrogens (tertiary/aromatic N) is 5. The molecule has 2 aliphatic rings. The number of nitrogens with one attached hydrogen (secondary N) is 1. The predicted molar refractivity (Wildman–Crippen MR) is 130 cm³/mol. The quantitative estimate of drug-likeness (QED) is 0.408. The molecule has 1 amide bonds. The van der Waals surface area contributed by atoms with Gasteiger partial charge in [-0.05, 0) is 56.9 Å². The summed E-state index contributed by atoms with van der Waals surface area (Å²) in [7, 11) is 0. The highest BCUT2D eigenvalue weighted by molar-refractivity contribution is 7.99. The lowest BCUT2D eigenvalue weighted by Gasteiger charge is -2.11. The van der Waals surface area contributed by atoms with Crippen LogP contribution < -0.4 is 5.32 Å². The van der Waals surface area contributed by atoms with Crippen LogP contribution in [0.2, 0.25) is 0 Å². The van der Waals surface area contributed by atoms with Crippen LogP contribution in [0.4, 0.5) is 5.13 Å². The van der Waals surface area contributed by atoms with Crippen LogP contribution in [0.3, 0.4) is 0 Å². The van der Waals surface area contributed by atoms with Crippen molar-refractivity contribution in [2.45, 2.75) is 69.9 Å². The van der Waals surface area contributed by atoms with Gasteiger partial charge in [0.2, 0.25) is 5.91 Å². The van der Waals surface area contributed by atoms with Crippen molar-refractivity contribution in [3.63, 3.8) is 0 Å². The summed E-state index contributed by atoms with van der Waals surface area (Å²) >= 11 is 4.85. The van der Waals surface area contributed by atoms with Crippen molar-refractivity contribution >= 4 is 61.3 Å². The first kappa shape index (κ1) is 20.6. The monoisotopic (exact) mass is 484 g/mol. The Hall–Kier alpha value is -2.04. The van der Waals surface area contributed by atoms with Crippen molar-refractivity contribution in [2.24, 2.45) is 0 Å². The maximum absolute atomic E-state index is 12.6. The lowest BCUT2D eigenvalue weighted by Crippen LogP contribution is -2.14. The smallest absolute Gasteiger partial charge is 0.236 e. The van der Waals surface area contributed by atoms with Gasteiger partial charge < -0.3 is 5.32 Å². The largest absolute Gasteiger partial charge is 0.301 e. The van der Waals surface area contributed by atoms with Gasteiger partial charge in [0.1, 0.15) is 10.7 Å². The molecule has 0 radical (unpaired) electrons. The topological polar surface area (TPSA) is 85.1 Å². The van der Waals surface area contributed by atoms with E-state index in [2.05, 4.69) is 31.8 Å². The zero-order chi connectivity index (χ0) is 21.7. The Bertz CT molecular complexity index is 1310. The zero-order valence-electron chi connectivity index (χ0n) is 17.9. The first-order valence-corrected chi connectivity index (χ1v) is 13.9. The summed E-state index contributed by atoms with van der Waals surface area (Å²) in [6, 6.07) is 0. The number of hydrogen-bond acceptors (Lipinski definition) is 8. The van der Waals surface area contributed by atoms with Gasteiger partial charge in [-0.1, -0.05) is 18.7 Å². The fourth-order valence-corrected chi connectivity index (χ4v) is 7.81. The molecule has 0 unspecified atom stereocenters. The molecule has 0 spiro atoms. The van der Waals surface area contributed by atoms with Crippen molar-refractivity contribution in [2.75, 3.05) is 11.1 Å². The van der Waals surface area contributed by atoms with Gasteiger partial charge in [0, 0.05) is 16.2 Å². The van der Waals surface area contributed by atoms with E-state index in [0.717, 1.165) is 64.4 Å². The van der Waals surface area contributed by atoms with Gasteiger partial charge in [0.25, 0.3) is 0 Å². The normalized spacial score (nSPS) is 15.8. The van der Waals surface area contributed by atoms with Gasteiger partial charge in [-0.3, -0.25) is 9.20 Å². The van der Waals surface area contributed by atoms with Crippen molar-refractivity contribution in [3.8, 4) is 0 Å². The summed E-state index contributed by atoms with van der Waals surface area (Å²) in [5, 5.41) is 14.6. The maximum Gasteiger partial charge on any atom is 0.236 e. The summed E-state index contributed by atoms with van der Waals surface area (Å²) in [6.07, 6.45) is 10.00. The minimum atomic E-state index is -0.0576. The van der Waals surface area contributed by atoms with Crippen molar-refractivity contribution in [3.05, 3.63) is 26.8 Å². The molecular weight excluding hydrogens is 460 g/mol. The number of carbonyl (C=O) groups excluding carboxylic acids is 1. The lowest BCUT2D eigenvalue weighted by atomic mass is 9.97. The van der Waals surface area contributed by atoms with Gasteiger partial charge in [0.05, 0.1) is 16.8 Å². The standard InChI is InChI=1S/C22H24N6OS3/c1-2-16-24-20-18(12-7-3-5-9-14(12)31-20)19-26-27-22(28(16)19)30-11-17(29)25-21-23-13-8-4-6-10-15(13)32-21/h2-11H2,1H3,(H,23,25,29). The minimum absolute atomic E-state index is 0.0576. The number of carbonyl (C=O) groups is 1. The van der Waals surface area contributed by atoms with E-state index < -0.39 is 0 Å². The average Bonchev–Trinajstić information content (AvgIpc) is 3.50. The highest BCUT2D eigenvalue weighted by Crippen LogP contribution is 2.38. The molecule has 166 valence electrons. The fraction of sp³-hybridized carbons (Fsp3) is 0.500. The first-order chi connectivity index (χ1) is 15.7. The first-order valence-electron chi connectivity index (χ1n) is 11.3. The SMILES string of the molecule is CCc1nc2sc3c(c2c2nnc(SCC(=O)Nc4nc5c(s4)CCCC5)n12)CCCC3. The molecule has 4 heterocycles. The van der Waals surface area contributed by atoms with Crippen LogP contribution in [-0.4, -0.2) is 36.2 Å². The summed E-state index contributed by atoms with van der Waals surface area (Å²) in [5.74, 6) is 1.16. The van der Waals surface area contributed by atoms with E-state index in [-0.39, 0.29) is 11.7 Å². The second kappa shape index (κ2) is 8.39. The Labute approximate surface area is 198 Å². The third-order valence-electron chi connectivity index (χ3n) is 6.24. The van der Waals surface area contributed by atoms with E-state index in [1.54, 1.807) is 11.3 Å². The third-order valence-corrected chi connectivity index (χ3v) is 9.43. The molecule has 32 heavy (non-hydrogen) atoms. The van der Waals surface area contributed by atoms with E-state index in [1.807, 2.05) is 11.3 Å². The lowest BCUT2D eigenvalue weighted by molar-refractivity contribution is -0.113. The molecule has 0 saturated heterocycles. The van der Waals surface area contributed by atoms with E-state index in [1.165, 1.54) is 58.1 Å². The average molecular weight is 485 g/mol. The predicted octanol–water partition coefficient (Wildman–Crippen LogP) is 4.85. The maximum atomic E-state index is 12.6. The van der Waals surface area contributed by atoms with Gasteiger partial charge in [-0.2, -0.15) is 0 Å². The van der Waals surface area contributed by atoms with Crippen LogP contribution in [0.5, 0.6) is 0 Å². The molecule has 4 aromatic heterocycles. The Morgan fingerprint density at radius 1 is 1.03 bits per heavy atom. The Morgan fingerprint density at radius 2 is 1.84 bits per heavy atom. The Balaban J connectivity index is 1.26. The van der Waals surface area contributed by atoms with Crippen molar-refractivity contribution in [1.82, 2.24) is 24.6 Å². The number of amides is 1. The zero-order valence-corrected chi connectivity index (χ0v) is 20.4. The number of anilines is 1. The van der Waals surface area contributed by atoms with E-state index in [4.69, 9.17) is 4.98 Å². The summed E-state index contributed by atoms with van der Waals surface area (Å²) in [4.78, 5) is 26.1. The van der Waals surface area contributed by atoms with Crippen LogP contribution in [-0.2, 0) is 36.9 Å². The number of rotatable bonds is 5. The van der Waals surface area contributed by atoms with Crippen molar-refractivity contribution in [1.29, 1.82) is 0 Å². The van der Waals surface area contributed by atoms with Crippen LogP contribution in [0.1, 0.15) is 59.4 Å². The number of hydrogen-bond donors (Lipinski definition) is 1. The Kier molecular flexibility index (Phi) is 5.39. The molecule has 0 aliphatic heterocycles. The van der Waals surface area contributed by atoms with Gasteiger partial charge >= 0.3 is 0 Å². The second-order valence-corrected chi connectivity index (χ2v) is 11.5. The van der Waals surface area contributed by atoms with Gasteiger partial charge in [0.15, 0.2) is 15.9 Å². The molecule has 0 aromatic carbocycles. The van der Waals surface area contributed by atoms with Crippen LogP contribution in [0, 0.1) is 0 Å². The van der Waals surface area contributed by atoms with Crippen LogP contribution >= 0.6 is 34.4 Å². The Morgan fingerprint density at radius 3 is 2.69 bits per heavy atom. The second-order valence-electron chi connectivity index (χ2n) is 8.35. The third kappa shape index (κ3) is 3.52. The molecule has 0 fully saturated rings. The van der Waals surface area contributed by atoms with E-state index >= 15 is 0 Å². The molecule has 1 N–H and O–H groups in total. The highest BCUT2D eigenvalue weighted by atomic mass is 32.2. The molecular formula is C22H24N6OS3. The van der Waals surface area contributed by atoms with E-state index in [9.17, 15) is 4.79 Å². The number of thiazole rings is 1. The molecule has 4 aromatic rings. The molecule has 10 heteroatoms. The number of aromatic nitrogens is 5. The van der Waals surface area contributed by atoms with Crippen molar-refractivity contribution < 1.29 is 4.79 Å². The molecule has 0 saturated carbocycles. The number of aryl methyl sites for hydroxylation is 5. The van der Waals surface area contributed by atoms with Gasteiger partial charge in [-0.25, -0.2) is 9.97 Å². The minimum Gasteiger partial charge on any atom is -0.301 e. The van der Waals surface area contributed by atoms with Gasteiger partial charge in [-0.15, -0.1) is 32.9 Å². The molecule has 7 nitrogen and oxygen atoms in total. The van der Waals surface area contributed by atoms with Crippen LogP contribution in [0.25, 0.3) is 15.9 Å². The number of thiophene rings is 1. The summed E-state index contributed by atoms with van der Waals surface area (Å²) in [6.45, 7) is 2.10. The van der Waals surface area contributed by atoms with E-state index in [0.29, 0.717) is 0 Å². The molecule has 2 aliphatic carbocycles. The summed E-state index contributed by atoms with van der Waals surface area (Å²) in [5.41, 5.74) is 3.46.